The van der Waals surface area contributed by atoms with Gasteiger partial charge in [0, 0.05) is 25.6 Å². The SMILES string of the molecule is CCCC(=O)NCC(=O)N1CCC(NCC2CC2)CC1.Cl. The topological polar surface area (TPSA) is 61.4 Å². The summed E-state index contributed by atoms with van der Waals surface area (Å²) in [5, 5.41) is 6.30. The van der Waals surface area contributed by atoms with Crippen LogP contribution in [0, 0.1) is 5.92 Å². The van der Waals surface area contributed by atoms with Crippen LogP contribution < -0.4 is 10.6 Å². The predicted molar refractivity (Wildman–Crippen MR) is 85.5 cm³/mol. The van der Waals surface area contributed by atoms with Gasteiger partial charge in [0.25, 0.3) is 0 Å². The highest BCUT2D eigenvalue weighted by molar-refractivity contribution is 5.85. The number of hydrogen-bond acceptors (Lipinski definition) is 3. The van der Waals surface area contributed by atoms with Crippen LogP contribution in [0.2, 0.25) is 0 Å². The molecule has 0 aromatic heterocycles. The Morgan fingerprint density at radius 3 is 2.38 bits per heavy atom. The molecule has 0 aromatic rings. The molecule has 122 valence electrons. The molecular formula is C15H28ClN3O2. The second kappa shape index (κ2) is 9.26. The second-order valence-electron chi connectivity index (χ2n) is 6.03. The van der Waals surface area contributed by atoms with Crippen molar-refractivity contribution in [3.63, 3.8) is 0 Å². The highest BCUT2D eigenvalue weighted by Crippen LogP contribution is 2.28. The van der Waals surface area contributed by atoms with Crippen LogP contribution in [-0.2, 0) is 9.59 Å². The molecule has 0 aromatic carbocycles. The van der Waals surface area contributed by atoms with Crippen molar-refractivity contribution in [2.45, 2.75) is 51.5 Å². The lowest BCUT2D eigenvalue weighted by atomic mass is 10.0. The zero-order valence-corrected chi connectivity index (χ0v) is 13.7. The number of likely N-dealkylation sites (tertiary alicyclic amines) is 1. The first-order valence-electron chi connectivity index (χ1n) is 7.97. The molecule has 0 spiro atoms. The Kier molecular flexibility index (Phi) is 8.04. The molecule has 1 aliphatic heterocycles. The summed E-state index contributed by atoms with van der Waals surface area (Å²) in [5.41, 5.74) is 0. The van der Waals surface area contributed by atoms with Crippen molar-refractivity contribution in [1.29, 1.82) is 0 Å². The van der Waals surface area contributed by atoms with Gasteiger partial charge in [-0.2, -0.15) is 0 Å². The minimum Gasteiger partial charge on any atom is -0.347 e. The van der Waals surface area contributed by atoms with E-state index in [1.165, 1.54) is 12.8 Å². The Hall–Kier alpha value is -0.810. The molecule has 1 aliphatic carbocycles. The van der Waals surface area contributed by atoms with E-state index in [9.17, 15) is 9.59 Å². The van der Waals surface area contributed by atoms with Crippen molar-refractivity contribution in [3.05, 3.63) is 0 Å². The second-order valence-corrected chi connectivity index (χ2v) is 6.03. The van der Waals surface area contributed by atoms with Crippen LogP contribution in [0.15, 0.2) is 0 Å². The van der Waals surface area contributed by atoms with Crippen LogP contribution in [0.3, 0.4) is 0 Å². The van der Waals surface area contributed by atoms with Crippen molar-refractivity contribution < 1.29 is 9.59 Å². The highest BCUT2D eigenvalue weighted by atomic mass is 35.5. The molecule has 0 radical (unpaired) electrons. The number of nitrogens with zero attached hydrogens (tertiary/aromatic N) is 1. The predicted octanol–water partition coefficient (Wildman–Crippen LogP) is 1.32. The average Bonchev–Trinajstić information content (AvgIpc) is 3.28. The first-order valence-corrected chi connectivity index (χ1v) is 7.97. The number of piperidine rings is 1. The van der Waals surface area contributed by atoms with Gasteiger partial charge in [-0.1, -0.05) is 6.92 Å². The quantitative estimate of drug-likeness (QED) is 0.744. The van der Waals surface area contributed by atoms with E-state index >= 15 is 0 Å². The molecule has 1 saturated heterocycles. The van der Waals surface area contributed by atoms with Gasteiger partial charge in [-0.15, -0.1) is 12.4 Å². The maximum Gasteiger partial charge on any atom is 0.241 e. The molecule has 0 unspecified atom stereocenters. The minimum absolute atomic E-state index is 0. The Balaban J connectivity index is 0.00000220. The fourth-order valence-corrected chi connectivity index (χ4v) is 2.59. The van der Waals surface area contributed by atoms with Crippen molar-refractivity contribution in [1.82, 2.24) is 15.5 Å². The summed E-state index contributed by atoms with van der Waals surface area (Å²) in [7, 11) is 0. The summed E-state index contributed by atoms with van der Waals surface area (Å²) in [5.74, 6) is 0.931. The lowest BCUT2D eigenvalue weighted by Gasteiger charge is -2.32. The third-order valence-corrected chi connectivity index (χ3v) is 4.15. The normalized spacial score (nSPS) is 19.0. The Morgan fingerprint density at radius 2 is 1.81 bits per heavy atom. The van der Waals surface area contributed by atoms with Gasteiger partial charge in [-0.25, -0.2) is 0 Å². The molecule has 1 heterocycles. The maximum absolute atomic E-state index is 12.0. The zero-order valence-electron chi connectivity index (χ0n) is 12.9. The van der Waals surface area contributed by atoms with Crippen LogP contribution in [0.5, 0.6) is 0 Å². The zero-order chi connectivity index (χ0) is 14.4. The molecule has 2 fully saturated rings. The van der Waals surface area contributed by atoms with Crippen molar-refractivity contribution in [3.8, 4) is 0 Å². The van der Waals surface area contributed by atoms with Crippen LogP contribution in [-0.4, -0.2) is 48.9 Å². The number of halogens is 1. The van der Waals surface area contributed by atoms with E-state index in [0.717, 1.165) is 44.8 Å². The van der Waals surface area contributed by atoms with E-state index in [1.54, 1.807) is 0 Å². The van der Waals surface area contributed by atoms with Crippen molar-refractivity contribution in [2.24, 2.45) is 5.92 Å². The van der Waals surface area contributed by atoms with Gasteiger partial charge in [-0.05, 0) is 44.6 Å². The van der Waals surface area contributed by atoms with Gasteiger partial charge >= 0.3 is 0 Å². The number of amides is 2. The van der Waals surface area contributed by atoms with Crippen molar-refractivity contribution >= 4 is 24.2 Å². The summed E-state index contributed by atoms with van der Waals surface area (Å²) in [6.45, 7) is 4.88. The lowest BCUT2D eigenvalue weighted by molar-refractivity contribution is -0.133. The summed E-state index contributed by atoms with van der Waals surface area (Å²) in [4.78, 5) is 25.2. The van der Waals surface area contributed by atoms with E-state index in [-0.39, 0.29) is 30.8 Å². The average molecular weight is 318 g/mol. The number of carbonyl (C=O) groups excluding carboxylic acids is 2. The molecule has 0 bridgehead atoms. The van der Waals surface area contributed by atoms with Crippen LogP contribution >= 0.6 is 12.4 Å². The summed E-state index contributed by atoms with van der Waals surface area (Å²) < 4.78 is 0. The molecule has 5 nitrogen and oxygen atoms in total. The molecule has 2 rings (SSSR count). The summed E-state index contributed by atoms with van der Waals surface area (Å²) in [6.07, 6.45) is 6.13. The first kappa shape index (κ1) is 18.2. The number of nitrogens with one attached hydrogen (secondary N) is 2. The monoisotopic (exact) mass is 317 g/mol. The van der Waals surface area contributed by atoms with Crippen molar-refractivity contribution in [2.75, 3.05) is 26.2 Å². The Bertz CT molecular complexity index is 340. The van der Waals surface area contributed by atoms with E-state index in [0.29, 0.717) is 12.5 Å². The smallest absolute Gasteiger partial charge is 0.241 e. The van der Waals surface area contributed by atoms with Gasteiger partial charge in [0.1, 0.15) is 0 Å². The van der Waals surface area contributed by atoms with Crippen LogP contribution in [0.25, 0.3) is 0 Å². The van der Waals surface area contributed by atoms with Crippen LogP contribution in [0.4, 0.5) is 0 Å². The van der Waals surface area contributed by atoms with Gasteiger partial charge in [0.15, 0.2) is 0 Å². The molecule has 6 heteroatoms. The third-order valence-electron chi connectivity index (χ3n) is 4.15. The molecule has 0 atom stereocenters. The molecular weight excluding hydrogens is 290 g/mol. The standard InChI is InChI=1S/C15H27N3O2.ClH/c1-2-3-14(19)17-11-15(20)18-8-6-13(7-9-18)16-10-12-4-5-12;/h12-13,16H,2-11H2,1H3,(H,17,19);1H. The van der Waals surface area contributed by atoms with E-state index < -0.39 is 0 Å². The van der Waals surface area contributed by atoms with Crippen LogP contribution in [0.1, 0.15) is 45.4 Å². The van der Waals surface area contributed by atoms with Gasteiger partial charge < -0.3 is 15.5 Å². The molecule has 21 heavy (non-hydrogen) atoms. The fourth-order valence-electron chi connectivity index (χ4n) is 2.59. The fraction of sp³-hybridized carbons (Fsp3) is 0.867. The number of hydrogen-bond donors (Lipinski definition) is 2. The minimum atomic E-state index is -0.0261. The summed E-state index contributed by atoms with van der Waals surface area (Å²) >= 11 is 0. The van der Waals surface area contributed by atoms with E-state index in [1.807, 2.05) is 11.8 Å². The summed E-state index contributed by atoms with van der Waals surface area (Å²) in [6, 6.07) is 0.564. The molecule has 2 aliphatic rings. The van der Waals surface area contributed by atoms with Gasteiger partial charge in [0.05, 0.1) is 6.54 Å². The van der Waals surface area contributed by atoms with E-state index in [4.69, 9.17) is 0 Å². The molecule has 2 N–H and O–H groups in total. The molecule has 2 amide bonds. The van der Waals surface area contributed by atoms with E-state index in [2.05, 4.69) is 10.6 Å². The lowest BCUT2D eigenvalue weighted by Crippen LogP contribution is -2.48. The Labute approximate surface area is 133 Å². The number of rotatable bonds is 7. The molecule has 1 saturated carbocycles. The van der Waals surface area contributed by atoms with Gasteiger partial charge in [0.2, 0.25) is 11.8 Å². The highest BCUT2D eigenvalue weighted by Gasteiger charge is 2.25. The number of carbonyl (C=O) groups is 2. The third kappa shape index (κ3) is 6.66. The Morgan fingerprint density at radius 1 is 1.14 bits per heavy atom. The van der Waals surface area contributed by atoms with Gasteiger partial charge in [-0.3, -0.25) is 9.59 Å². The largest absolute Gasteiger partial charge is 0.347 e. The first-order chi connectivity index (χ1) is 9.69. The maximum atomic E-state index is 12.0.